The molecule has 0 saturated heterocycles. The quantitative estimate of drug-likeness (QED) is 0.791. The minimum absolute atomic E-state index is 0.163. The van der Waals surface area contributed by atoms with Crippen LogP contribution in [0.15, 0.2) is 0 Å². The number of hydrogen-bond donors (Lipinski definition) is 2. The molecule has 0 aromatic carbocycles. The number of nitrogens with one attached hydrogen (secondary N) is 1. The first-order chi connectivity index (χ1) is 7.91. The maximum atomic E-state index is 12.0. The lowest BCUT2D eigenvalue weighted by Gasteiger charge is -2.25. The molecule has 3 heteroatoms. The molecule has 17 heavy (non-hydrogen) atoms. The van der Waals surface area contributed by atoms with Crippen LogP contribution in [0, 0.1) is 23.2 Å². The number of rotatable bonds is 3. The summed E-state index contributed by atoms with van der Waals surface area (Å²) in [5.74, 6) is 1.72. The van der Waals surface area contributed by atoms with Gasteiger partial charge in [0.1, 0.15) is 0 Å². The van der Waals surface area contributed by atoms with Crippen LogP contribution in [0.1, 0.15) is 46.5 Å². The van der Waals surface area contributed by atoms with Gasteiger partial charge in [0, 0.05) is 12.5 Å². The number of carbonyl (C=O) groups is 1. The molecule has 3 atom stereocenters. The average molecular weight is 239 g/mol. The summed E-state index contributed by atoms with van der Waals surface area (Å²) in [6.45, 7) is 6.35. The third kappa shape index (κ3) is 2.82. The van der Waals surface area contributed by atoms with Crippen LogP contribution in [-0.4, -0.2) is 23.7 Å². The molecule has 2 saturated carbocycles. The van der Waals surface area contributed by atoms with Crippen molar-refractivity contribution < 1.29 is 9.90 Å². The molecule has 0 bridgehead atoms. The smallest absolute Gasteiger partial charge is 0.223 e. The van der Waals surface area contributed by atoms with E-state index in [2.05, 4.69) is 5.32 Å². The fraction of sp³-hybridized carbons (Fsp3) is 0.929. The second-order valence-corrected chi connectivity index (χ2v) is 6.76. The van der Waals surface area contributed by atoms with E-state index in [0.717, 1.165) is 0 Å². The van der Waals surface area contributed by atoms with Crippen LogP contribution in [0.4, 0.5) is 0 Å². The number of aliphatic hydroxyl groups is 1. The van der Waals surface area contributed by atoms with Crippen LogP contribution in [0.3, 0.4) is 0 Å². The minimum atomic E-state index is -0.466. The van der Waals surface area contributed by atoms with Gasteiger partial charge < -0.3 is 10.4 Å². The predicted octanol–water partition coefficient (Wildman–Crippen LogP) is 1.95. The van der Waals surface area contributed by atoms with Crippen LogP contribution >= 0.6 is 0 Å². The first kappa shape index (κ1) is 12.9. The van der Waals surface area contributed by atoms with Gasteiger partial charge in [0.25, 0.3) is 0 Å². The van der Waals surface area contributed by atoms with E-state index in [4.69, 9.17) is 0 Å². The van der Waals surface area contributed by atoms with E-state index in [-0.39, 0.29) is 17.2 Å². The van der Waals surface area contributed by atoms with Gasteiger partial charge in [-0.3, -0.25) is 4.79 Å². The highest BCUT2D eigenvalue weighted by Crippen LogP contribution is 2.55. The van der Waals surface area contributed by atoms with Crippen LogP contribution < -0.4 is 5.32 Å². The highest BCUT2D eigenvalue weighted by atomic mass is 16.3. The molecule has 0 aromatic heterocycles. The minimum Gasteiger partial charge on any atom is -0.391 e. The lowest BCUT2D eigenvalue weighted by molar-refractivity contribution is -0.123. The molecule has 3 unspecified atom stereocenters. The molecule has 0 aliphatic heterocycles. The fourth-order valence-electron chi connectivity index (χ4n) is 3.00. The Kier molecular flexibility index (Phi) is 3.48. The lowest BCUT2D eigenvalue weighted by atomic mass is 9.89. The summed E-state index contributed by atoms with van der Waals surface area (Å²) in [6.07, 6.45) is 4.56. The summed E-state index contributed by atoms with van der Waals surface area (Å²) in [6, 6.07) is 0. The topological polar surface area (TPSA) is 49.3 Å². The van der Waals surface area contributed by atoms with Gasteiger partial charge in [0.05, 0.1) is 6.10 Å². The highest BCUT2D eigenvalue weighted by Gasteiger charge is 2.54. The van der Waals surface area contributed by atoms with Crippen molar-refractivity contribution in [2.24, 2.45) is 23.2 Å². The molecule has 0 aromatic rings. The molecule has 2 fully saturated rings. The standard InChI is InChI=1S/C14H25NO2/c1-14(2,3)11(16)8-15-13(17)12-9-6-4-5-7-10(9)12/h9-12,16H,4-8H2,1-3H3,(H,15,17). The maximum Gasteiger partial charge on any atom is 0.223 e. The average Bonchev–Trinajstić information content (AvgIpc) is 2.98. The summed E-state index contributed by atoms with van der Waals surface area (Å²) < 4.78 is 0. The van der Waals surface area contributed by atoms with Gasteiger partial charge in [-0.1, -0.05) is 33.6 Å². The molecule has 2 N–H and O–H groups in total. The van der Waals surface area contributed by atoms with Gasteiger partial charge in [-0.15, -0.1) is 0 Å². The van der Waals surface area contributed by atoms with Crippen molar-refractivity contribution >= 4 is 5.91 Å². The van der Waals surface area contributed by atoms with E-state index in [1.165, 1.54) is 25.7 Å². The molecular formula is C14H25NO2. The normalized spacial score (nSPS) is 33.8. The van der Waals surface area contributed by atoms with Crippen molar-refractivity contribution in [3.8, 4) is 0 Å². The molecular weight excluding hydrogens is 214 g/mol. The summed E-state index contributed by atoms with van der Waals surface area (Å²) in [5, 5.41) is 12.8. The molecule has 2 aliphatic carbocycles. The largest absolute Gasteiger partial charge is 0.391 e. The third-order valence-electron chi connectivity index (χ3n) is 4.43. The second kappa shape index (κ2) is 4.60. The Morgan fingerprint density at radius 3 is 2.29 bits per heavy atom. The van der Waals surface area contributed by atoms with Gasteiger partial charge in [-0.2, -0.15) is 0 Å². The van der Waals surface area contributed by atoms with Gasteiger partial charge in [0.15, 0.2) is 0 Å². The van der Waals surface area contributed by atoms with Crippen LogP contribution in [0.2, 0.25) is 0 Å². The van der Waals surface area contributed by atoms with Crippen LogP contribution in [-0.2, 0) is 4.79 Å². The lowest BCUT2D eigenvalue weighted by Crippen LogP contribution is -2.40. The van der Waals surface area contributed by atoms with Gasteiger partial charge in [-0.25, -0.2) is 0 Å². The molecule has 3 nitrogen and oxygen atoms in total. The Bertz CT molecular complexity index is 283. The Morgan fingerprint density at radius 2 is 1.82 bits per heavy atom. The van der Waals surface area contributed by atoms with E-state index in [0.29, 0.717) is 18.4 Å². The number of aliphatic hydroxyl groups excluding tert-OH is 1. The number of fused-ring (bicyclic) bond motifs is 1. The zero-order valence-corrected chi connectivity index (χ0v) is 11.2. The van der Waals surface area contributed by atoms with Crippen molar-refractivity contribution in [2.45, 2.75) is 52.6 Å². The molecule has 0 heterocycles. The van der Waals surface area contributed by atoms with Crippen molar-refractivity contribution in [3.05, 3.63) is 0 Å². The summed E-state index contributed by atoms with van der Waals surface area (Å²) in [5.41, 5.74) is -0.163. The van der Waals surface area contributed by atoms with E-state index in [1.807, 2.05) is 20.8 Å². The molecule has 2 aliphatic rings. The molecule has 1 amide bonds. The Morgan fingerprint density at radius 1 is 1.29 bits per heavy atom. The number of amides is 1. The summed E-state index contributed by atoms with van der Waals surface area (Å²) in [7, 11) is 0. The maximum absolute atomic E-state index is 12.0. The van der Waals surface area contributed by atoms with Crippen LogP contribution in [0.25, 0.3) is 0 Å². The second-order valence-electron chi connectivity index (χ2n) is 6.76. The molecule has 2 rings (SSSR count). The molecule has 0 spiro atoms. The van der Waals surface area contributed by atoms with Gasteiger partial charge in [-0.05, 0) is 30.1 Å². The van der Waals surface area contributed by atoms with Crippen molar-refractivity contribution in [1.82, 2.24) is 5.32 Å². The molecule has 0 radical (unpaired) electrons. The Labute approximate surface area is 104 Å². The Hall–Kier alpha value is -0.570. The predicted molar refractivity (Wildman–Crippen MR) is 67.4 cm³/mol. The van der Waals surface area contributed by atoms with Crippen molar-refractivity contribution in [3.63, 3.8) is 0 Å². The monoisotopic (exact) mass is 239 g/mol. The Balaban J connectivity index is 1.75. The van der Waals surface area contributed by atoms with Gasteiger partial charge >= 0.3 is 0 Å². The first-order valence-electron chi connectivity index (χ1n) is 6.87. The van der Waals surface area contributed by atoms with Crippen molar-refractivity contribution in [2.75, 3.05) is 6.54 Å². The SMILES string of the molecule is CC(C)(C)C(O)CNC(=O)C1C2CCCCC21. The summed E-state index contributed by atoms with van der Waals surface area (Å²) >= 11 is 0. The summed E-state index contributed by atoms with van der Waals surface area (Å²) in [4.78, 5) is 12.0. The zero-order chi connectivity index (χ0) is 12.6. The molecule has 98 valence electrons. The van der Waals surface area contributed by atoms with Gasteiger partial charge in [0.2, 0.25) is 5.91 Å². The third-order valence-corrected chi connectivity index (χ3v) is 4.43. The number of hydrogen-bond acceptors (Lipinski definition) is 2. The van der Waals surface area contributed by atoms with E-state index >= 15 is 0 Å². The fourth-order valence-corrected chi connectivity index (χ4v) is 3.00. The van der Waals surface area contributed by atoms with E-state index < -0.39 is 6.10 Å². The van der Waals surface area contributed by atoms with E-state index in [1.54, 1.807) is 0 Å². The van der Waals surface area contributed by atoms with Crippen molar-refractivity contribution in [1.29, 1.82) is 0 Å². The highest BCUT2D eigenvalue weighted by molar-refractivity contribution is 5.82. The number of carbonyl (C=O) groups excluding carboxylic acids is 1. The first-order valence-corrected chi connectivity index (χ1v) is 6.87. The van der Waals surface area contributed by atoms with Crippen LogP contribution in [0.5, 0.6) is 0 Å². The zero-order valence-electron chi connectivity index (χ0n) is 11.2. The van der Waals surface area contributed by atoms with E-state index in [9.17, 15) is 9.90 Å².